The largest absolute Gasteiger partial charge is 0.508 e. The summed E-state index contributed by atoms with van der Waals surface area (Å²) < 4.78 is 0. The summed E-state index contributed by atoms with van der Waals surface area (Å²) in [6.45, 7) is 5.60. The molecular weight excluding hydrogens is 226 g/mol. The Morgan fingerprint density at radius 3 is 2.56 bits per heavy atom. The fourth-order valence-electron chi connectivity index (χ4n) is 1.68. The molecule has 0 aliphatic carbocycles. The number of benzene rings is 2. The van der Waals surface area contributed by atoms with Gasteiger partial charge in [0, 0.05) is 16.5 Å². The molecule has 3 nitrogen and oxygen atoms in total. The van der Waals surface area contributed by atoms with E-state index in [1.54, 1.807) is 12.1 Å². The molecule has 0 saturated heterocycles. The van der Waals surface area contributed by atoms with Crippen LogP contribution >= 0.6 is 0 Å². The monoisotopic (exact) mass is 243 g/mol. The average molecular weight is 243 g/mol. The van der Waals surface area contributed by atoms with Crippen molar-refractivity contribution in [2.75, 3.05) is 5.32 Å². The van der Waals surface area contributed by atoms with Crippen molar-refractivity contribution in [2.24, 2.45) is 5.41 Å². The Morgan fingerprint density at radius 2 is 1.89 bits per heavy atom. The summed E-state index contributed by atoms with van der Waals surface area (Å²) in [5, 5.41) is 14.3. The first-order valence-electron chi connectivity index (χ1n) is 5.91. The number of phenolic OH excluding ortho intramolecular Hbond substituents is 1. The molecule has 2 rings (SSSR count). The second-order valence-corrected chi connectivity index (χ2v) is 5.42. The fourth-order valence-corrected chi connectivity index (χ4v) is 1.68. The molecule has 2 N–H and O–H groups in total. The number of amides is 1. The second-order valence-electron chi connectivity index (χ2n) is 5.42. The lowest BCUT2D eigenvalue weighted by molar-refractivity contribution is -0.123. The summed E-state index contributed by atoms with van der Waals surface area (Å²) in [4.78, 5) is 12.0. The predicted octanol–water partition coefficient (Wildman–Crippen LogP) is 3.53. The van der Waals surface area contributed by atoms with Gasteiger partial charge >= 0.3 is 0 Å². The number of rotatable bonds is 1. The summed E-state index contributed by atoms with van der Waals surface area (Å²) >= 11 is 0. The van der Waals surface area contributed by atoms with Crippen molar-refractivity contribution in [1.82, 2.24) is 0 Å². The van der Waals surface area contributed by atoms with Crippen LogP contribution in [0.2, 0.25) is 0 Å². The lowest BCUT2D eigenvalue weighted by Gasteiger charge is -2.18. The minimum Gasteiger partial charge on any atom is -0.508 e. The van der Waals surface area contributed by atoms with Crippen LogP contribution in [0.25, 0.3) is 10.8 Å². The number of anilines is 1. The Balaban J connectivity index is 2.45. The summed E-state index contributed by atoms with van der Waals surface area (Å²) in [5.41, 5.74) is 0.280. The number of carbonyl (C=O) groups is 1. The standard InChI is InChI=1S/C15H17NO2/c1-15(2,3)14(18)16-13-6-4-5-10-7-8-11(17)9-12(10)13/h4-9,17H,1-3H3,(H,16,18). The van der Waals surface area contributed by atoms with Crippen LogP contribution in [0.1, 0.15) is 20.8 Å². The minimum atomic E-state index is -0.445. The number of carbonyl (C=O) groups excluding carboxylic acids is 1. The molecule has 0 aliphatic rings. The van der Waals surface area contributed by atoms with Crippen LogP contribution in [0.4, 0.5) is 5.69 Å². The van der Waals surface area contributed by atoms with Gasteiger partial charge in [0.05, 0.1) is 0 Å². The Labute approximate surface area is 106 Å². The van der Waals surface area contributed by atoms with Crippen molar-refractivity contribution < 1.29 is 9.90 Å². The molecular formula is C15H17NO2. The van der Waals surface area contributed by atoms with Crippen LogP contribution in [0.3, 0.4) is 0 Å². The van der Waals surface area contributed by atoms with Gasteiger partial charge in [0.2, 0.25) is 5.91 Å². The summed E-state index contributed by atoms with van der Waals surface area (Å²) in [6, 6.07) is 10.8. The van der Waals surface area contributed by atoms with E-state index in [-0.39, 0.29) is 11.7 Å². The maximum atomic E-state index is 12.0. The van der Waals surface area contributed by atoms with E-state index in [4.69, 9.17) is 0 Å². The third-order valence-electron chi connectivity index (χ3n) is 2.80. The molecule has 0 atom stereocenters. The molecule has 94 valence electrons. The Hall–Kier alpha value is -2.03. The molecule has 0 aliphatic heterocycles. The molecule has 0 unspecified atom stereocenters. The third kappa shape index (κ3) is 2.45. The Morgan fingerprint density at radius 1 is 1.17 bits per heavy atom. The molecule has 2 aromatic rings. The third-order valence-corrected chi connectivity index (χ3v) is 2.80. The zero-order valence-corrected chi connectivity index (χ0v) is 10.8. The molecule has 18 heavy (non-hydrogen) atoms. The summed E-state index contributed by atoms with van der Waals surface area (Å²) in [6.07, 6.45) is 0. The van der Waals surface area contributed by atoms with E-state index in [0.29, 0.717) is 0 Å². The van der Waals surface area contributed by atoms with E-state index in [9.17, 15) is 9.90 Å². The number of fused-ring (bicyclic) bond motifs is 1. The second kappa shape index (κ2) is 4.33. The highest BCUT2D eigenvalue weighted by atomic mass is 16.3. The number of hydrogen-bond acceptors (Lipinski definition) is 2. The molecule has 2 aromatic carbocycles. The highest BCUT2D eigenvalue weighted by molar-refractivity contribution is 6.04. The number of nitrogens with one attached hydrogen (secondary N) is 1. The van der Waals surface area contributed by atoms with Gasteiger partial charge in [0.25, 0.3) is 0 Å². The van der Waals surface area contributed by atoms with Gasteiger partial charge in [0.15, 0.2) is 0 Å². The lowest BCUT2D eigenvalue weighted by atomic mass is 9.95. The average Bonchev–Trinajstić information content (AvgIpc) is 2.28. The van der Waals surface area contributed by atoms with Crippen LogP contribution in [-0.2, 0) is 4.79 Å². The van der Waals surface area contributed by atoms with E-state index < -0.39 is 5.41 Å². The molecule has 0 bridgehead atoms. The van der Waals surface area contributed by atoms with Gasteiger partial charge in [-0.2, -0.15) is 0 Å². The normalized spacial score (nSPS) is 11.5. The summed E-state index contributed by atoms with van der Waals surface area (Å²) in [5.74, 6) is 0.151. The van der Waals surface area contributed by atoms with Crippen molar-refractivity contribution in [2.45, 2.75) is 20.8 Å². The molecule has 0 heterocycles. The van der Waals surface area contributed by atoms with E-state index in [1.807, 2.05) is 45.0 Å². The number of phenols is 1. The molecule has 0 fully saturated rings. The van der Waals surface area contributed by atoms with Crippen molar-refractivity contribution >= 4 is 22.4 Å². The van der Waals surface area contributed by atoms with Gasteiger partial charge in [-0.25, -0.2) is 0 Å². The molecule has 0 spiro atoms. The first-order valence-corrected chi connectivity index (χ1v) is 5.91. The summed E-state index contributed by atoms with van der Waals surface area (Å²) in [7, 11) is 0. The van der Waals surface area contributed by atoms with Crippen molar-refractivity contribution in [1.29, 1.82) is 0 Å². The molecule has 3 heteroatoms. The quantitative estimate of drug-likeness (QED) is 0.805. The lowest BCUT2D eigenvalue weighted by Crippen LogP contribution is -2.27. The van der Waals surface area contributed by atoms with E-state index in [1.165, 1.54) is 0 Å². The Bertz CT molecular complexity index is 597. The van der Waals surface area contributed by atoms with Gasteiger partial charge in [0.1, 0.15) is 5.75 Å². The number of hydrogen-bond donors (Lipinski definition) is 2. The zero-order valence-electron chi connectivity index (χ0n) is 10.8. The van der Waals surface area contributed by atoms with Crippen LogP contribution in [-0.4, -0.2) is 11.0 Å². The Kier molecular flexibility index (Phi) is 2.99. The van der Waals surface area contributed by atoms with E-state index in [0.717, 1.165) is 16.5 Å². The first kappa shape index (κ1) is 12.4. The highest BCUT2D eigenvalue weighted by Crippen LogP contribution is 2.28. The van der Waals surface area contributed by atoms with Crippen LogP contribution in [0, 0.1) is 5.41 Å². The first-order chi connectivity index (χ1) is 8.38. The number of aromatic hydroxyl groups is 1. The SMILES string of the molecule is CC(C)(C)C(=O)Nc1cccc2ccc(O)cc12. The van der Waals surface area contributed by atoms with Crippen molar-refractivity contribution in [3.05, 3.63) is 36.4 Å². The van der Waals surface area contributed by atoms with Crippen molar-refractivity contribution in [3.8, 4) is 5.75 Å². The van der Waals surface area contributed by atoms with Gasteiger partial charge < -0.3 is 10.4 Å². The zero-order chi connectivity index (χ0) is 13.3. The molecule has 0 aromatic heterocycles. The molecule has 0 saturated carbocycles. The predicted molar refractivity (Wildman–Crippen MR) is 73.7 cm³/mol. The van der Waals surface area contributed by atoms with Gasteiger partial charge in [-0.1, -0.05) is 39.0 Å². The minimum absolute atomic E-state index is 0.0432. The van der Waals surface area contributed by atoms with Crippen LogP contribution < -0.4 is 5.32 Å². The van der Waals surface area contributed by atoms with E-state index in [2.05, 4.69) is 5.32 Å². The highest BCUT2D eigenvalue weighted by Gasteiger charge is 2.21. The van der Waals surface area contributed by atoms with E-state index >= 15 is 0 Å². The van der Waals surface area contributed by atoms with Gasteiger partial charge in [-0.3, -0.25) is 4.79 Å². The smallest absolute Gasteiger partial charge is 0.229 e. The topological polar surface area (TPSA) is 49.3 Å². The fraction of sp³-hybridized carbons (Fsp3) is 0.267. The molecule has 1 amide bonds. The maximum absolute atomic E-state index is 12.0. The van der Waals surface area contributed by atoms with Gasteiger partial charge in [-0.15, -0.1) is 0 Å². The van der Waals surface area contributed by atoms with Gasteiger partial charge in [-0.05, 0) is 23.6 Å². The molecule has 0 radical (unpaired) electrons. The maximum Gasteiger partial charge on any atom is 0.229 e. The van der Waals surface area contributed by atoms with Crippen molar-refractivity contribution in [3.63, 3.8) is 0 Å². The van der Waals surface area contributed by atoms with Crippen LogP contribution in [0.5, 0.6) is 5.75 Å². The van der Waals surface area contributed by atoms with Crippen LogP contribution in [0.15, 0.2) is 36.4 Å².